The molecule has 1 atom stereocenters. The fourth-order valence-electron chi connectivity index (χ4n) is 3.16. The number of rotatable bonds is 6. The highest BCUT2D eigenvalue weighted by molar-refractivity contribution is 5.79. The van der Waals surface area contributed by atoms with E-state index >= 15 is 0 Å². The molecule has 0 aliphatic carbocycles. The molecule has 1 unspecified atom stereocenters. The average Bonchev–Trinajstić information content (AvgIpc) is 3.16. The predicted molar refractivity (Wildman–Crippen MR) is 94.0 cm³/mol. The van der Waals surface area contributed by atoms with Crippen LogP contribution in [-0.2, 0) is 4.79 Å². The summed E-state index contributed by atoms with van der Waals surface area (Å²) in [7, 11) is 0. The Labute approximate surface area is 143 Å². The summed E-state index contributed by atoms with van der Waals surface area (Å²) in [6.45, 7) is 8.49. The van der Waals surface area contributed by atoms with Crippen molar-refractivity contribution in [3.8, 4) is 17.0 Å². The lowest BCUT2D eigenvalue weighted by atomic mass is 10.1. The molecule has 5 nitrogen and oxygen atoms in total. The molecule has 0 radical (unpaired) electrons. The van der Waals surface area contributed by atoms with Crippen LogP contribution in [0.15, 0.2) is 30.5 Å². The van der Waals surface area contributed by atoms with Crippen molar-refractivity contribution >= 4 is 5.91 Å². The Morgan fingerprint density at radius 2 is 2.08 bits per heavy atom. The Hall–Kier alpha value is -2.30. The molecule has 1 aromatic carbocycles. The molecule has 1 amide bonds. The number of aromatic nitrogens is 2. The topological polar surface area (TPSA) is 58.2 Å². The van der Waals surface area contributed by atoms with E-state index in [1.807, 2.05) is 42.3 Å². The van der Waals surface area contributed by atoms with Gasteiger partial charge in [-0.1, -0.05) is 13.8 Å². The van der Waals surface area contributed by atoms with Crippen LogP contribution in [0.5, 0.6) is 5.75 Å². The minimum absolute atomic E-state index is 0.160. The van der Waals surface area contributed by atoms with Crippen molar-refractivity contribution < 1.29 is 9.53 Å². The van der Waals surface area contributed by atoms with Crippen molar-refractivity contribution in [2.45, 2.75) is 33.1 Å². The van der Waals surface area contributed by atoms with E-state index in [2.05, 4.69) is 23.8 Å². The molecule has 2 heterocycles. The Morgan fingerprint density at radius 1 is 1.33 bits per heavy atom. The first-order valence-electron chi connectivity index (χ1n) is 8.62. The summed E-state index contributed by atoms with van der Waals surface area (Å²) in [6, 6.07) is 7.96. The molecular formula is C19H25N3O2. The van der Waals surface area contributed by atoms with Crippen molar-refractivity contribution in [1.82, 2.24) is 14.9 Å². The number of hydrogen-bond donors (Lipinski definition) is 1. The summed E-state index contributed by atoms with van der Waals surface area (Å²) in [5, 5.41) is 0. The lowest BCUT2D eigenvalue weighted by Crippen LogP contribution is -2.29. The molecule has 3 rings (SSSR count). The average molecular weight is 327 g/mol. The second kappa shape index (κ2) is 7.07. The zero-order valence-corrected chi connectivity index (χ0v) is 14.6. The van der Waals surface area contributed by atoms with Crippen molar-refractivity contribution in [3.05, 3.63) is 36.3 Å². The molecule has 1 aromatic heterocycles. The molecule has 1 saturated heterocycles. The van der Waals surface area contributed by atoms with Crippen LogP contribution >= 0.6 is 0 Å². The smallest absolute Gasteiger partial charge is 0.223 e. The summed E-state index contributed by atoms with van der Waals surface area (Å²) < 4.78 is 5.47. The van der Waals surface area contributed by atoms with Crippen LogP contribution in [0.4, 0.5) is 0 Å². The van der Waals surface area contributed by atoms with Gasteiger partial charge in [0, 0.05) is 25.4 Å². The first kappa shape index (κ1) is 16.6. The van der Waals surface area contributed by atoms with Crippen molar-refractivity contribution in [3.63, 3.8) is 0 Å². The fraction of sp³-hybridized carbons (Fsp3) is 0.474. The van der Waals surface area contributed by atoms with Crippen LogP contribution in [-0.4, -0.2) is 40.5 Å². The summed E-state index contributed by atoms with van der Waals surface area (Å²) in [5.41, 5.74) is 2.04. The van der Waals surface area contributed by atoms with Gasteiger partial charge in [-0.3, -0.25) is 4.79 Å². The van der Waals surface area contributed by atoms with E-state index in [9.17, 15) is 4.79 Å². The van der Waals surface area contributed by atoms with E-state index in [1.165, 1.54) is 0 Å². The fourth-order valence-corrected chi connectivity index (χ4v) is 3.16. The Bertz CT molecular complexity index is 691. The third-order valence-corrected chi connectivity index (χ3v) is 4.26. The number of carbonyl (C=O) groups excluding carboxylic acids is 1. The van der Waals surface area contributed by atoms with E-state index in [0.717, 1.165) is 35.9 Å². The van der Waals surface area contributed by atoms with Crippen LogP contribution < -0.4 is 4.74 Å². The van der Waals surface area contributed by atoms with Gasteiger partial charge in [0.2, 0.25) is 5.91 Å². The summed E-state index contributed by atoms with van der Waals surface area (Å²) in [5.74, 6) is 2.65. The van der Waals surface area contributed by atoms with Gasteiger partial charge in [-0.25, -0.2) is 4.98 Å². The molecular weight excluding hydrogens is 302 g/mol. The normalized spacial score (nSPS) is 17.8. The molecule has 1 N–H and O–H groups in total. The van der Waals surface area contributed by atoms with E-state index in [0.29, 0.717) is 18.9 Å². The molecule has 0 saturated carbocycles. The number of H-pyrrole nitrogens is 1. The van der Waals surface area contributed by atoms with Crippen molar-refractivity contribution in [2.24, 2.45) is 5.92 Å². The lowest BCUT2D eigenvalue weighted by Gasteiger charge is -2.18. The van der Waals surface area contributed by atoms with Crippen molar-refractivity contribution in [2.75, 3.05) is 19.7 Å². The zero-order valence-electron chi connectivity index (χ0n) is 14.6. The Balaban J connectivity index is 1.70. The zero-order chi connectivity index (χ0) is 17.1. The van der Waals surface area contributed by atoms with E-state index < -0.39 is 0 Å². The number of aromatic amines is 1. The Morgan fingerprint density at radius 3 is 2.75 bits per heavy atom. The number of imidazole rings is 1. The van der Waals surface area contributed by atoms with E-state index in [4.69, 9.17) is 4.74 Å². The third-order valence-electron chi connectivity index (χ3n) is 4.26. The summed E-state index contributed by atoms with van der Waals surface area (Å²) in [6.07, 6.45) is 2.39. The number of benzene rings is 1. The number of nitrogens with one attached hydrogen (secondary N) is 1. The second-order valence-electron chi connectivity index (χ2n) is 6.73. The molecule has 0 bridgehead atoms. The van der Waals surface area contributed by atoms with Gasteiger partial charge in [0.15, 0.2) is 0 Å². The molecule has 1 aliphatic heterocycles. The van der Waals surface area contributed by atoms with Crippen molar-refractivity contribution in [1.29, 1.82) is 0 Å². The minimum atomic E-state index is 0.160. The summed E-state index contributed by atoms with van der Waals surface area (Å²) >= 11 is 0. The van der Waals surface area contributed by atoms with Crippen LogP contribution in [0, 0.1) is 5.92 Å². The van der Waals surface area contributed by atoms with Gasteiger partial charge in [-0.15, -0.1) is 0 Å². The minimum Gasteiger partial charge on any atom is -0.494 e. The number of likely N-dealkylation sites (tertiary alicyclic amines) is 1. The van der Waals surface area contributed by atoms with Gasteiger partial charge in [0.1, 0.15) is 11.6 Å². The number of amides is 1. The maximum Gasteiger partial charge on any atom is 0.223 e. The third kappa shape index (κ3) is 3.61. The molecule has 1 fully saturated rings. The van der Waals surface area contributed by atoms with Crippen LogP contribution in [0.3, 0.4) is 0 Å². The number of hydrogen-bond acceptors (Lipinski definition) is 3. The molecule has 1 aliphatic rings. The predicted octanol–water partition coefficient (Wildman–Crippen LogP) is 3.45. The molecule has 0 spiro atoms. The maximum atomic E-state index is 12.1. The van der Waals surface area contributed by atoms with Gasteiger partial charge in [-0.2, -0.15) is 0 Å². The highest BCUT2D eigenvalue weighted by Crippen LogP contribution is 2.29. The molecule has 128 valence electrons. The molecule has 5 heteroatoms. The molecule has 2 aromatic rings. The lowest BCUT2D eigenvalue weighted by molar-refractivity contribution is -0.128. The largest absolute Gasteiger partial charge is 0.494 e. The SMILES string of the molecule is CCOc1ccc(-c2cnc(C3CC(=O)N(CC(C)C)C3)[nH]2)cc1. The van der Waals surface area contributed by atoms with Crippen LogP contribution in [0.2, 0.25) is 0 Å². The van der Waals surface area contributed by atoms with Gasteiger partial charge < -0.3 is 14.6 Å². The quantitative estimate of drug-likeness (QED) is 0.884. The van der Waals surface area contributed by atoms with Gasteiger partial charge in [-0.05, 0) is 42.7 Å². The second-order valence-corrected chi connectivity index (χ2v) is 6.73. The Kier molecular flexibility index (Phi) is 4.88. The van der Waals surface area contributed by atoms with E-state index in [-0.39, 0.29) is 11.8 Å². The van der Waals surface area contributed by atoms with E-state index in [1.54, 1.807) is 0 Å². The monoisotopic (exact) mass is 327 g/mol. The highest BCUT2D eigenvalue weighted by atomic mass is 16.5. The number of carbonyl (C=O) groups is 1. The molecule has 24 heavy (non-hydrogen) atoms. The summed E-state index contributed by atoms with van der Waals surface area (Å²) in [4.78, 5) is 22.0. The van der Waals surface area contributed by atoms with Gasteiger partial charge >= 0.3 is 0 Å². The van der Waals surface area contributed by atoms with Crippen LogP contribution in [0.25, 0.3) is 11.3 Å². The highest BCUT2D eigenvalue weighted by Gasteiger charge is 2.32. The standard InChI is InChI=1S/C19H25N3O2/c1-4-24-16-7-5-14(6-8-16)17-10-20-19(21-17)15-9-18(23)22(12-15)11-13(2)3/h5-8,10,13,15H,4,9,11-12H2,1-3H3,(H,20,21). The van der Waals surface area contributed by atoms with Gasteiger partial charge in [0.25, 0.3) is 0 Å². The first-order chi connectivity index (χ1) is 11.6. The van der Waals surface area contributed by atoms with Crippen LogP contribution in [0.1, 0.15) is 38.9 Å². The number of ether oxygens (including phenoxy) is 1. The number of nitrogens with zero attached hydrogens (tertiary/aromatic N) is 2. The maximum absolute atomic E-state index is 12.1. The van der Waals surface area contributed by atoms with Gasteiger partial charge in [0.05, 0.1) is 18.5 Å². The first-order valence-corrected chi connectivity index (χ1v) is 8.62.